The van der Waals surface area contributed by atoms with Gasteiger partial charge >= 0.3 is 6.09 Å². The lowest BCUT2D eigenvalue weighted by Crippen LogP contribution is -2.42. The number of amides is 1. The molecule has 152 valence electrons. The molecule has 0 spiro atoms. The summed E-state index contributed by atoms with van der Waals surface area (Å²) < 4.78 is 16.6. The molecule has 0 unspecified atom stereocenters. The second-order valence-corrected chi connectivity index (χ2v) is 8.06. The molecule has 0 saturated carbocycles. The van der Waals surface area contributed by atoms with E-state index in [2.05, 4.69) is 10.1 Å². The van der Waals surface area contributed by atoms with Crippen molar-refractivity contribution < 1.29 is 18.8 Å². The van der Waals surface area contributed by atoms with E-state index in [1.165, 1.54) is 0 Å². The largest absolute Gasteiger partial charge is 0.493 e. The number of aromatic nitrogens is 2. The molecule has 0 atom stereocenters. The van der Waals surface area contributed by atoms with Gasteiger partial charge in [-0.15, -0.1) is 0 Å². The second kappa shape index (κ2) is 8.63. The van der Waals surface area contributed by atoms with Gasteiger partial charge in [-0.05, 0) is 58.6 Å². The van der Waals surface area contributed by atoms with E-state index in [1.807, 2.05) is 52.0 Å². The normalized spacial score (nSPS) is 15.5. The minimum absolute atomic E-state index is 0.237. The van der Waals surface area contributed by atoms with Crippen LogP contribution in [0.1, 0.15) is 46.4 Å². The molecule has 0 aliphatic carbocycles. The Kier molecular flexibility index (Phi) is 6.21. The molecule has 1 saturated heterocycles. The Bertz CT molecular complexity index is 789. The number of para-hydroxylation sites is 1. The van der Waals surface area contributed by atoms with Crippen LogP contribution >= 0.6 is 0 Å². The Balaban J connectivity index is 1.56. The van der Waals surface area contributed by atoms with Crippen LogP contribution in [0.15, 0.2) is 28.8 Å². The fourth-order valence-electron chi connectivity index (χ4n) is 3.27. The highest BCUT2D eigenvalue weighted by Crippen LogP contribution is 2.29. The molecular weight excluding hydrogens is 358 g/mol. The Morgan fingerprint density at radius 1 is 1.25 bits per heavy atom. The summed E-state index contributed by atoms with van der Waals surface area (Å²) in [6.07, 6.45) is 2.27. The van der Waals surface area contributed by atoms with Crippen molar-refractivity contribution in [2.24, 2.45) is 5.92 Å². The molecule has 1 aromatic heterocycles. The summed E-state index contributed by atoms with van der Waals surface area (Å²) in [6.45, 7) is 9.55. The third-order valence-electron chi connectivity index (χ3n) is 4.63. The van der Waals surface area contributed by atoms with Gasteiger partial charge in [0.2, 0.25) is 11.7 Å². The molecule has 1 aromatic carbocycles. The van der Waals surface area contributed by atoms with Gasteiger partial charge in [0, 0.05) is 19.5 Å². The maximum absolute atomic E-state index is 12.2. The van der Waals surface area contributed by atoms with E-state index in [9.17, 15) is 4.79 Å². The number of rotatable bonds is 5. The number of carbonyl (C=O) groups excluding carboxylic acids is 1. The molecule has 0 radical (unpaired) electrons. The van der Waals surface area contributed by atoms with E-state index in [0.717, 1.165) is 24.2 Å². The average molecular weight is 387 g/mol. The molecule has 0 bridgehead atoms. The van der Waals surface area contributed by atoms with Crippen molar-refractivity contribution in [3.8, 4) is 17.1 Å². The highest BCUT2D eigenvalue weighted by molar-refractivity contribution is 5.68. The summed E-state index contributed by atoms with van der Waals surface area (Å²) in [7, 11) is 0. The molecule has 0 N–H and O–H groups in total. The quantitative estimate of drug-likeness (QED) is 0.760. The zero-order valence-corrected chi connectivity index (χ0v) is 17.1. The van der Waals surface area contributed by atoms with Crippen LogP contribution in [0.5, 0.6) is 5.75 Å². The zero-order chi connectivity index (χ0) is 20.1. The number of hydrogen-bond donors (Lipinski definition) is 0. The van der Waals surface area contributed by atoms with Crippen LogP contribution in [0.4, 0.5) is 4.79 Å². The summed E-state index contributed by atoms with van der Waals surface area (Å²) in [5.41, 5.74) is 0.366. The van der Waals surface area contributed by atoms with Crippen LogP contribution < -0.4 is 4.74 Å². The second-order valence-electron chi connectivity index (χ2n) is 8.06. The third-order valence-corrected chi connectivity index (χ3v) is 4.63. The summed E-state index contributed by atoms with van der Waals surface area (Å²) in [5, 5.41) is 4.13. The molecule has 3 rings (SSSR count). The molecule has 1 fully saturated rings. The fourth-order valence-corrected chi connectivity index (χ4v) is 3.27. The maximum atomic E-state index is 12.2. The number of nitrogens with zero attached hydrogens (tertiary/aromatic N) is 3. The van der Waals surface area contributed by atoms with E-state index >= 15 is 0 Å². The van der Waals surface area contributed by atoms with Crippen molar-refractivity contribution in [2.75, 3.05) is 19.7 Å². The highest BCUT2D eigenvalue weighted by Gasteiger charge is 2.28. The van der Waals surface area contributed by atoms with E-state index in [1.54, 1.807) is 4.90 Å². The predicted octanol–water partition coefficient (Wildman–Crippen LogP) is 4.32. The van der Waals surface area contributed by atoms with Crippen LogP contribution in [0.2, 0.25) is 0 Å². The Hall–Kier alpha value is -2.57. The van der Waals surface area contributed by atoms with Gasteiger partial charge in [0.1, 0.15) is 11.4 Å². The van der Waals surface area contributed by atoms with Crippen LogP contribution in [0.25, 0.3) is 11.4 Å². The highest BCUT2D eigenvalue weighted by atomic mass is 16.6. The van der Waals surface area contributed by atoms with Gasteiger partial charge < -0.3 is 18.9 Å². The number of benzene rings is 1. The standard InChI is InChI=1S/C21H29N3O4/c1-5-26-17-9-7-6-8-16(17)19-22-18(28-23-19)14-15-10-12-24(13-11-15)20(25)27-21(2,3)4/h6-9,15H,5,10-14H2,1-4H3. The first-order valence-corrected chi connectivity index (χ1v) is 9.88. The van der Waals surface area contributed by atoms with Crippen molar-refractivity contribution in [1.29, 1.82) is 0 Å². The number of carbonyl (C=O) groups is 1. The zero-order valence-electron chi connectivity index (χ0n) is 17.1. The lowest BCUT2D eigenvalue weighted by Gasteiger charge is -2.33. The van der Waals surface area contributed by atoms with Crippen LogP contribution in [-0.4, -0.2) is 46.4 Å². The fraction of sp³-hybridized carbons (Fsp3) is 0.571. The summed E-state index contributed by atoms with van der Waals surface area (Å²) in [4.78, 5) is 18.5. The van der Waals surface area contributed by atoms with Gasteiger partial charge in [0.15, 0.2) is 0 Å². The van der Waals surface area contributed by atoms with Crippen molar-refractivity contribution in [1.82, 2.24) is 15.0 Å². The van der Waals surface area contributed by atoms with Crippen molar-refractivity contribution in [3.63, 3.8) is 0 Å². The van der Waals surface area contributed by atoms with Gasteiger partial charge in [0.25, 0.3) is 0 Å². The first-order valence-electron chi connectivity index (χ1n) is 9.88. The van der Waals surface area contributed by atoms with Crippen molar-refractivity contribution in [3.05, 3.63) is 30.2 Å². The van der Waals surface area contributed by atoms with Gasteiger partial charge in [-0.1, -0.05) is 17.3 Å². The Labute approximate surface area is 166 Å². The molecule has 28 heavy (non-hydrogen) atoms. The van der Waals surface area contributed by atoms with Crippen LogP contribution in [0, 0.1) is 5.92 Å². The lowest BCUT2D eigenvalue weighted by molar-refractivity contribution is 0.0182. The lowest BCUT2D eigenvalue weighted by atomic mass is 9.94. The number of ether oxygens (including phenoxy) is 2. The molecule has 2 heterocycles. The third kappa shape index (κ3) is 5.24. The number of hydrogen-bond acceptors (Lipinski definition) is 6. The molecular formula is C21H29N3O4. The number of piperidine rings is 1. The smallest absolute Gasteiger partial charge is 0.410 e. The van der Waals surface area contributed by atoms with Crippen LogP contribution in [-0.2, 0) is 11.2 Å². The molecule has 7 nitrogen and oxygen atoms in total. The number of likely N-dealkylation sites (tertiary alicyclic amines) is 1. The molecule has 1 aliphatic rings. The SMILES string of the molecule is CCOc1ccccc1-c1noc(CC2CCN(C(=O)OC(C)(C)C)CC2)n1. The average Bonchev–Trinajstić information content (AvgIpc) is 3.10. The van der Waals surface area contributed by atoms with Gasteiger partial charge in [-0.2, -0.15) is 4.98 Å². The monoisotopic (exact) mass is 387 g/mol. The van der Waals surface area contributed by atoms with Gasteiger partial charge in [-0.25, -0.2) is 4.79 Å². The summed E-state index contributed by atoms with van der Waals surface area (Å²) >= 11 is 0. The Morgan fingerprint density at radius 3 is 2.64 bits per heavy atom. The van der Waals surface area contributed by atoms with Crippen LogP contribution in [0.3, 0.4) is 0 Å². The predicted molar refractivity (Wildman–Crippen MR) is 105 cm³/mol. The van der Waals surface area contributed by atoms with E-state index in [0.29, 0.717) is 43.8 Å². The minimum Gasteiger partial charge on any atom is -0.493 e. The van der Waals surface area contributed by atoms with E-state index < -0.39 is 5.60 Å². The molecule has 1 aliphatic heterocycles. The van der Waals surface area contributed by atoms with E-state index in [-0.39, 0.29) is 6.09 Å². The summed E-state index contributed by atoms with van der Waals surface area (Å²) in [6, 6.07) is 7.69. The molecule has 7 heteroatoms. The van der Waals surface area contributed by atoms with Gasteiger partial charge in [-0.3, -0.25) is 0 Å². The summed E-state index contributed by atoms with van der Waals surface area (Å²) in [5.74, 6) is 2.33. The van der Waals surface area contributed by atoms with E-state index in [4.69, 9.17) is 14.0 Å². The molecule has 1 amide bonds. The molecule has 2 aromatic rings. The first kappa shape index (κ1) is 20.2. The minimum atomic E-state index is -0.466. The maximum Gasteiger partial charge on any atom is 0.410 e. The van der Waals surface area contributed by atoms with Gasteiger partial charge in [0.05, 0.1) is 12.2 Å². The first-order chi connectivity index (χ1) is 13.4. The van der Waals surface area contributed by atoms with Crippen molar-refractivity contribution >= 4 is 6.09 Å². The van der Waals surface area contributed by atoms with Crippen molar-refractivity contribution in [2.45, 2.75) is 52.6 Å². The topological polar surface area (TPSA) is 77.7 Å². The Morgan fingerprint density at radius 2 is 1.96 bits per heavy atom.